The third-order valence-electron chi connectivity index (χ3n) is 1.53. The first kappa shape index (κ1) is 8.75. The van der Waals surface area contributed by atoms with E-state index in [9.17, 15) is 0 Å². The van der Waals surface area contributed by atoms with Gasteiger partial charge in [0, 0.05) is 0 Å². The van der Waals surface area contributed by atoms with Gasteiger partial charge in [0.05, 0.1) is 6.10 Å². The molecule has 0 aromatic heterocycles. The summed E-state index contributed by atoms with van der Waals surface area (Å²) in [7, 11) is 0. The molecule has 0 saturated carbocycles. The molecule has 0 aliphatic carbocycles. The topological polar surface area (TPSA) is 20.2 Å². The Labute approximate surface area is 72.7 Å². The summed E-state index contributed by atoms with van der Waals surface area (Å²) in [6, 6.07) is 9.83. The van der Waals surface area contributed by atoms with Crippen molar-refractivity contribution in [1.82, 2.24) is 0 Å². The highest BCUT2D eigenvalue weighted by atomic mass is 16.3. The first-order chi connectivity index (χ1) is 5.83. The summed E-state index contributed by atoms with van der Waals surface area (Å²) in [6.07, 6.45) is 4.50. The van der Waals surface area contributed by atoms with E-state index in [0.717, 1.165) is 5.56 Å². The fourth-order valence-electron chi connectivity index (χ4n) is 0.852. The van der Waals surface area contributed by atoms with Crippen LogP contribution in [0.2, 0.25) is 0 Å². The zero-order valence-corrected chi connectivity index (χ0v) is 6.85. The van der Waals surface area contributed by atoms with Crippen LogP contribution in [0.4, 0.5) is 0 Å². The average molecular weight is 160 g/mol. The molecule has 1 aromatic rings. The standard InChI is InChI=1S/C11H12O/c1-2-11(12)9-8-10-6-4-3-5-7-10/h2-9,11-12H,1H2/b9-8+/t11-/m1/s1. The lowest BCUT2D eigenvalue weighted by atomic mass is 10.2. The van der Waals surface area contributed by atoms with E-state index in [1.54, 1.807) is 6.08 Å². The van der Waals surface area contributed by atoms with E-state index in [1.165, 1.54) is 6.08 Å². The largest absolute Gasteiger partial charge is 0.385 e. The normalized spacial score (nSPS) is 13.1. The molecule has 1 atom stereocenters. The maximum absolute atomic E-state index is 9.11. The van der Waals surface area contributed by atoms with Crippen LogP contribution in [0.1, 0.15) is 5.56 Å². The van der Waals surface area contributed by atoms with Gasteiger partial charge in [-0.15, -0.1) is 6.58 Å². The van der Waals surface area contributed by atoms with Crippen LogP contribution in [0.15, 0.2) is 49.1 Å². The van der Waals surface area contributed by atoms with Gasteiger partial charge >= 0.3 is 0 Å². The Morgan fingerprint density at radius 1 is 1.25 bits per heavy atom. The third kappa shape index (κ3) is 2.72. The van der Waals surface area contributed by atoms with Gasteiger partial charge in [0.1, 0.15) is 0 Å². The van der Waals surface area contributed by atoms with Gasteiger partial charge < -0.3 is 5.11 Å². The fraction of sp³-hybridized carbons (Fsp3) is 0.0909. The van der Waals surface area contributed by atoms with Gasteiger partial charge in [-0.1, -0.05) is 48.6 Å². The number of benzene rings is 1. The second kappa shape index (κ2) is 4.52. The van der Waals surface area contributed by atoms with E-state index in [-0.39, 0.29) is 0 Å². The monoisotopic (exact) mass is 160 g/mol. The summed E-state index contributed by atoms with van der Waals surface area (Å²) in [5.74, 6) is 0. The maximum atomic E-state index is 9.11. The maximum Gasteiger partial charge on any atom is 0.0903 e. The lowest BCUT2D eigenvalue weighted by Crippen LogP contribution is -1.93. The first-order valence-electron chi connectivity index (χ1n) is 3.87. The van der Waals surface area contributed by atoms with Crippen molar-refractivity contribution in [3.05, 3.63) is 54.6 Å². The van der Waals surface area contributed by atoms with E-state index in [0.29, 0.717) is 0 Å². The molecule has 1 aromatic carbocycles. The SMILES string of the molecule is C=C[C@@H](O)/C=C/c1ccccc1. The van der Waals surface area contributed by atoms with Crippen molar-refractivity contribution in [1.29, 1.82) is 0 Å². The summed E-state index contributed by atoms with van der Waals surface area (Å²) >= 11 is 0. The van der Waals surface area contributed by atoms with Gasteiger partial charge in [-0.3, -0.25) is 0 Å². The summed E-state index contributed by atoms with van der Waals surface area (Å²) in [6.45, 7) is 3.47. The van der Waals surface area contributed by atoms with Crippen LogP contribution < -0.4 is 0 Å². The number of rotatable bonds is 3. The predicted molar refractivity (Wildman–Crippen MR) is 51.7 cm³/mol. The molecule has 0 heterocycles. The molecule has 0 saturated heterocycles. The fourth-order valence-corrected chi connectivity index (χ4v) is 0.852. The van der Waals surface area contributed by atoms with E-state index in [1.807, 2.05) is 36.4 Å². The van der Waals surface area contributed by atoms with Crippen molar-refractivity contribution in [2.24, 2.45) is 0 Å². The van der Waals surface area contributed by atoms with Crippen LogP contribution >= 0.6 is 0 Å². The van der Waals surface area contributed by atoms with Gasteiger partial charge in [-0.25, -0.2) is 0 Å². The molecule has 0 spiro atoms. The lowest BCUT2D eigenvalue weighted by molar-refractivity contribution is 0.273. The van der Waals surface area contributed by atoms with Crippen LogP contribution in [0, 0.1) is 0 Å². The van der Waals surface area contributed by atoms with Crippen molar-refractivity contribution in [3.63, 3.8) is 0 Å². The third-order valence-corrected chi connectivity index (χ3v) is 1.53. The van der Waals surface area contributed by atoms with Gasteiger partial charge in [-0.2, -0.15) is 0 Å². The van der Waals surface area contributed by atoms with Crippen molar-refractivity contribution in [2.45, 2.75) is 6.10 Å². The quantitative estimate of drug-likeness (QED) is 0.672. The molecule has 12 heavy (non-hydrogen) atoms. The Morgan fingerprint density at radius 3 is 2.50 bits per heavy atom. The molecule has 0 aliphatic heterocycles. The molecule has 1 heteroatoms. The minimum Gasteiger partial charge on any atom is -0.385 e. The van der Waals surface area contributed by atoms with Gasteiger partial charge in [-0.05, 0) is 5.56 Å². The van der Waals surface area contributed by atoms with E-state index in [4.69, 9.17) is 5.11 Å². The molecule has 0 aliphatic rings. The first-order valence-corrected chi connectivity index (χ1v) is 3.87. The second-order valence-electron chi connectivity index (χ2n) is 2.50. The molecule has 0 amide bonds. The van der Waals surface area contributed by atoms with Crippen LogP contribution in [-0.4, -0.2) is 11.2 Å². The summed E-state index contributed by atoms with van der Waals surface area (Å²) in [5.41, 5.74) is 1.08. The molecule has 1 nitrogen and oxygen atoms in total. The molecular weight excluding hydrogens is 148 g/mol. The van der Waals surface area contributed by atoms with Gasteiger partial charge in [0.15, 0.2) is 0 Å². The van der Waals surface area contributed by atoms with Crippen LogP contribution in [0.25, 0.3) is 6.08 Å². The Hall–Kier alpha value is -1.34. The molecule has 0 unspecified atom stereocenters. The Balaban J connectivity index is 2.63. The smallest absolute Gasteiger partial charge is 0.0903 e. The van der Waals surface area contributed by atoms with Gasteiger partial charge in [0.25, 0.3) is 0 Å². The number of hydrogen-bond acceptors (Lipinski definition) is 1. The van der Waals surface area contributed by atoms with Crippen molar-refractivity contribution in [3.8, 4) is 0 Å². The summed E-state index contributed by atoms with van der Waals surface area (Å²) < 4.78 is 0. The minimum absolute atomic E-state index is 0.551. The Kier molecular flexibility index (Phi) is 3.30. The minimum atomic E-state index is -0.551. The van der Waals surface area contributed by atoms with Crippen molar-refractivity contribution < 1.29 is 5.11 Å². The van der Waals surface area contributed by atoms with Crippen LogP contribution in [0.3, 0.4) is 0 Å². The molecule has 1 N–H and O–H groups in total. The summed E-state index contributed by atoms with van der Waals surface area (Å²) in [4.78, 5) is 0. The highest BCUT2D eigenvalue weighted by Gasteiger charge is 1.88. The predicted octanol–water partition coefficient (Wildman–Crippen LogP) is 2.25. The summed E-state index contributed by atoms with van der Waals surface area (Å²) in [5, 5.41) is 9.11. The Bertz CT molecular complexity index is 262. The van der Waals surface area contributed by atoms with E-state index in [2.05, 4.69) is 6.58 Å². The molecule has 0 fully saturated rings. The van der Waals surface area contributed by atoms with Crippen molar-refractivity contribution in [2.75, 3.05) is 0 Å². The zero-order chi connectivity index (χ0) is 8.81. The number of aliphatic hydroxyl groups excluding tert-OH is 1. The second-order valence-corrected chi connectivity index (χ2v) is 2.50. The van der Waals surface area contributed by atoms with Crippen LogP contribution in [0.5, 0.6) is 0 Å². The van der Waals surface area contributed by atoms with Crippen LogP contribution in [-0.2, 0) is 0 Å². The average Bonchev–Trinajstić information content (AvgIpc) is 2.16. The molecule has 62 valence electrons. The lowest BCUT2D eigenvalue weighted by Gasteiger charge is -1.95. The molecule has 1 rings (SSSR count). The molecule has 0 radical (unpaired) electrons. The van der Waals surface area contributed by atoms with E-state index < -0.39 is 6.10 Å². The number of aliphatic hydroxyl groups is 1. The Morgan fingerprint density at radius 2 is 1.92 bits per heavy atom. The highest BCUT2D eigenvalue weighted by Crippen LogP contribution is 2.01. The van der Waals surface area contributed by atoms with E-state index >= 15 is 0 Å². The van der Waals surface area contributed by atoms with Gasteiger partial charge in [0.2, 0.25) is 0 Å². The number of hydrogen-bond donors (Lipinski definition) is 1. The van der Waals surface area contributed by atoms with Crippen molar-refractivity contribution >= 4 is 6.08 Å². The molecule has 0 bridgehead atoms. The zero-order valence-electron chi connectivity index (χ0n) is 6.85. The highest BCUT2D eigenvalue weighted by molar-refractivity contribution is 5.49. The molecular formula is C11H12O.